The zero-order chi connectivity index (χ0) is 16.9. The summed E-state index contributed by atoms with van der Waals surface area (Å²) < 4.78 is 5.18. The number of ether oxygens (including phenoxy) is 1. The summed E-state index contributed by atoms with van der Waals surface area (Å²) >= 11 is 0. The Labute approximate surface area is 143 Å². The predicted octanol–water partition coefficient (Wildman–Crippen LogP) is 2.06. The highest BCUT2D eigenvalue weighted by Crippen LogP contribution is 2.17. The third-order valence-electron chi connectivity index (χ3n) is 4.78. The number of piperazine rings is 1. The average molecular weight is 331 g/mol. The van der Waals surface area contributed by atoms with E-state index < -0.39 is 0 Å². The highest BCUT2D eigenvalue weighted by molar-refractivity contribution is 5.94. The van der Waals surface area contributed by atoms with Gasteiger partial charge in [0, 0.05) is 44.8 Å². The molecule has 3 rings (SSSR count). The molecule has 0 saturated carbocycles. The minimum atomic E-state index is -0.000952. The summed E-state index contributed by atoms with van der Waals surface area (Å²) in [6, 6.07) is 7.33. The van der Waals surface area contributed by atoms with Crippen LogP contribution in [0, 0.1) is 0 Å². The number of hydrogen-bond acceptors (Lipinski definition) is 3. The molecule has 24 heavy (non-hydrogen) atoms. The number of methoxy groups -OCH3 is 1. The van der Waals surface area contributed by atoms with Crippen molar-refractivity contribution in [2.75, 3.05) is 46.4 Å². The fourth-order valence-corrected chi connectivity index (χ4v) is 3.32. The molecular weight excluding hydrogens is 306 g/mol. The summed E-state index contributed by atoms with van der Waals surface area (Å²) in [5.41, 5.74) is 0.630. The normalized spacial score (nSPS) is 18.5. The van der Waals surface area contributed by atoms with Crippen LogP contribution in [-0.2, 0) is 0 Å². The van der Waals surface area contributed by atoms with Crippen LogP contribution in [0.4, 0.5) is 4.79 Å². The molecule has 6 nitrogen and oxygen atoms in total. The first-order valence-electron chi connectivity index (χ1n) is 8.66. The molecule has 2 aliphatic heterocycles. The Morgan fingerprint density at radius 3 is 2.17 bits per heavy atom. The van der Waals surface area contributed by atoms with Crippen LogP contribution >= 0.6 is 0 Å². The van der Waals surface area contributed by atoms with E-state index in [1.54, 1.807) is 19.2 Å². The lowest BCUT2D eigenvalue weighted by molar-refractivity contribution is 0.0632. The first-order chi connectivity index (χ1) is 11.7. The lowest BCUT2D eigenvalue weighted by Crippen LogP contribution is -2.54. The first kappa shape index (κ1) is 16.6. The summed E-state index contributed by atoms with van der Waals surface area (Å²) in [4.78, 5) is 30.8. The second-order valence-electron chi connectivity index (χ2n) is 6.34. The van der Waals surface area contributed by atoms with Gasteiger partial charge in [-0.3, -0.25) is 4.79 Å². The Balaban J connectivity index is 1.56. The first-order valence-corrected chi connectivity index (χ1v) is 8.66. The maximum Gasteiger partial charge on any atom is 0.320 e. The van der Waals surface area contributed by atoms with Gasteiger partial charge < -0.3 is 19.4 Å². The number of piperidine rings is 1. The van der Waals surface area contributed by atoms with Crippen LogP contribution in [0.1, 0.15) is 29.6 Å². The third-order valence-corrected chi connectivity index (χ3v) is 4.78. The largest absolute Gasteiger partial charge is 0.497 e. The molecule has 130 valence electrons. The quantitative estimate of drug-likeness (QED) is 0.833. The Bertz CT molecular complexity index is 591. The van der Waals surface area contributed by atoms with Crippen LogP contribution in [0.2, 0.25) is 0 Å². The molecule has 2 aliphatic rings. The number of carbonyl (C=O) groups excluding carboxylic acids is 2. The summed E-state index contributed by atoms with van der Waals surface area (Å²) in [6.07, 6.45) is 3.41. The van der Waals surface area contributed by atoms with Gasteiger partial charge in [-0.15, -0.1) is 0 Å². The van der Waals surface area contributed by atoms with Gasteiger partial charge in [-0.2, -0.15) is 0 Å². The molecule has 0 N–H and O–H groups in total. The molecule has 0 bridgehead atoms. The van der Waals surface area contributed by atoms with Crippen LogP contribution in [0.3, 0.4) is 0 Å². The van der Waals surface area contributed by atoms with E-state index in [0.29, 0.717) is 37.5 Å². The Morgan fingerprint density at radius 2 is 1.50 bits per heavy atom. The van der Waals surface area contributed by atoms with Gasteiger partial charge in [-0.25, -0.2) is 4.79 Å². The van der Waals surface area contributed by atoms with Gasteiger partial charge in [0.05, 0.1) is 7.11 Å². The molecule has 2 heterocycles. The number of urea groups is 1. The van der Waals surface area contributed by atoms with Gasteiger partial charge in [-0.05, 0) is 37.5 Å². The van der Waals surface area contributed by atoms with E-state index in [1.165, 1.54) is 6.42 Å². The molecule has 3 amide bonds. The number of carbonyl (C=O) groups is 2. The average Bonchev–Trinajstić information content (AvgIpc) is 2.67. The van der Waals surface area contributed by atoms with Crippen molar-refractivity contribution in [1.82, 2.24) is 14.7 Å². The lowest BCUT2D eigenvalue weighted by atomic mass is 10.1. The minimum absolute atomic E-state index is 0.000952. The molecule has 0 aliphatic carbocycles. The van der Waals surface area contributed by atoms with Crippen molar-refractivity contribution < 1.29 is 14.3 Å². The number of amides is 3. The van der Waals surface area contributed by atoms with Crippen molar-refractivity contribution >= 4 is 11.9 Å². The maximum atomic E-state index is 12.6. The summed E-state index contributed by atoms with van der Waals surface area (Å²) in [7, 11) is 1.59. The van der Waals surface area contributed by atoms with Gasteiger partial charge in [0.2, 0.25) is 0 Å². The molecule has 0 radical (unpaired) electrons. The highest BCUT2D eigenvalue weighted by Gasteiger charge is 2.28. The van der Waals surface area contributed by atoms with Crippen molar-refractivity contribution in [3.05, 3.63) is 29.8 Å². The van der Waals surface area contributed by atoms with Gasteiger partial charge in [-0.1, -0.05) is 6.07 Å². The molecule has 6 heteroatoms. The maximum absolute atomic E-state index is 12.6. The number of likely N-dealkylation sites (tertiary alicyclic amines) is 1. The SMILES string of the molecule is COc1cccc(C(=O)N2CCN(C(=O)N3CCCCC3)CC2)c1. The van der Waals surface area contributed by atoms with Crippen LogP contribution in [-0.4, -0.2) is 73.0 Å². The topological polar surface area (TPSA) is 53.1 Å². The van der Waals surface area contributed by atoms with E-state index >= 15 is 0 Å². The van der Waals surface area contributed by atoms with Crippen molar-refractivity contribution in [2.45, 2.75) is 19.3 Å². The number of hydrogen-bond donors (Lipinski definition) is 0. The second kappa shape index (κ2) is 7.55. The molecule has 0 aromatic heterocycles. The zero-order valence-corrected chi connectivity index (χ0v) is 14.2. The van der Waals surface area contributed by atoms with Crippen LogP contribution in [0.15, 0.2) is 24.3 Å². The van der Waals surface area contributed by atoms with Crippen molar-refractivity contribution in [3.63, 3.8) is 0 Å². The molecule has 0 unspecified atom stereocenters. The Kier molecular flexibility index (Phi) is 5.23. The Morgan fingerprint density at radius 1 is 0.875 bits per heavy atom. The lowest BCUT2D eigenvalue weighted by Gasteiger charge is -2.38. The molecule has 1 aromatic carbocycles. The van der Waals surface area contributed by atoms with Crippen molar-refractivity contribution in [1.29, 1.82) is 0 Å². The molecule has 2 fully saturated rings. The number of nitrogens with zero attached hydrogens (tertiary/aromatic N) is 3. The van der Waals surface area contributed by atoms with Crippen LogP contribution in [0.5, 0.6) is 5.75 Å². The molecular formula is C18H25N3O3. The smallest absolute Gasteiger partial charge is 0.320 e. The summed E-state index contributed by atoms with van der Waals surface area (Å²) in [6.45, 7) is 4.09. The summed E-state index contributed by atoms with van der Waals surface area (Å²) in [5.74, 6) is 0.679. The van der Waals surface area contributed by atoms with Crippen molar-refractivity contribution in [3.8, 4) is 5.75 Å². The van der Waals surface area contributed by atoms with E-state index in [1.807, 2.05) is 26.8 Å². The highest BCUT2D eigenvalue weighted by atomic mass is 16.5. The predicted molar refractivity (Wildman–Crippen MR) is 91.3 cm³/mol. The van der Waals surface area contributed by atoms with Gasteiger partial charge in [0.25, 0.3) is 5.91 Å². The zero-order valence-electron chi connectivity index (χ0n) is 14.2. The van der Waals surface area contributed by atoms with E-state index in [9.17, 15) is 9.59 Å². The standard InChI is InChI=1S/C18H25N3O3/c1-24-16-7-5-6-15(14-16)17(22)19-10-12-21(13-11-19)18(23)20-8-3-2-4-9-20/h5-7,14H,2-4,8-13H2,1H3. The van der Waals surface area contributed by atoms with E-state index in [0.717, 1.165) is 25.9 Å². The van der Waals surface area contributed by atoms with Gasteiger partial charge in [0.1, 0.15) is 5.75 Å². The summed E-state index contributed by atoms with van der Waals surface area (Å²) in [5, 5.41) is 0. The van der Waals surface area contributed by atoms with Crippen LogP contribution in [0.25, 0.3) is 0 Å². The van der Waals surface area contributed by atoms with E-state index in [4.69, 9.17) is 4.74 Å². The van der Waals surface area contributed by atoms with E-state index in [-0.39, 0.29) is 11.9 Å². The number of benzene rings is 1. The van der Waals surface area contributed by atoms with Gasteiger partial charge >= 0.3 is 6.03 Å². The fraction of sp³-hybridized carbons (Fsp3) is 0.556. The second-order valence-corrected chi connectivity index (χ2v) is 6.34. The van der Waals surface area contributed by atoms with Gasteiger partial charge in [0.15, 0.2) is 0 Å². The molecule has 0 atom stereocenters. The fourth-order valence-electron chi connectivity index (χ4n) is 3.32. The third kappa shape index (κ3) is 3.63. The van der Waals surface area contributed by atoms with Crippen LogP contribution < -0.4 is 4.74 Å². The monoisotopic (exact) mass is 331 g/mol. The molecule has 1 aromatic rings. The molecule has 0 spiro atoms. The molecule has 2 saturated heterocycles. The number of rotatable bonds is 2. The van der Waals surface area contributed by atoms with Crippen molar-refractivity contribution in [2.24, 2.45) is 0 Å². The Hall–Kier alpha value is -2.24. The van der Waals surface area contributed by atoms with E-state index in [2.05, 4.69) is 0 Å². The minimum Gasteiger partial charge on any atom is -0.497 e.